The lowest BCUT2D eigenvalue weighted by Gasteiger charge is -2.13. The normalized spacial score (nSPS) is 12.5. The number of benzene rings is 1. The van der Waals surface area contributed by atoms with E-state index in [2.05, 4.69) is 35.6 Å². The molecule has 0 fully saturated rings. The van der Waals surface area contributed by atoms with E-state index in [1.165, 1.54) is 17.5 Å². The number of hydrogen-bond donors (Lipinski definition) is 1. The third-order valence-electron chi connectivity index (χ3n) is 3.10. The maximum Gasteiger partial charge on any atom is 0.0950 e. The van der Waals surface area contributed by atoms with Gasteiger partial charge < -0.3 is 9.73 Å². The zero-order valence-electron chi connectivity index (χ0n) is 10.2. The molecule has 0 saturated heterocycles. The molecule has 1 aromatic heterocycles. The smallest absolute Gasteiger partial charge is 0.0950 e. The fourth-order valence-electron chi connectivity index (χ4n) is 2.11. The molecule has 0 amide bonds. The Morgan fingerprint density at radius 3 is 2.65 bits per heavy atom. The van der Waals surface area contributed by atoms with E-state index in [1.807, 2.05) is 19.4 Å². The van der Waals surface area contributed by atoms with E-state index in [0.717, 1.165) is 12.8 Å². The fourth-order valence-corrected chi connectivity index (χ4v) is 2.11. The summed E-state index contributed by atoms with van der Waals surface area (Å²) in [7, 11) is 2.00. The largest absolute Gasteiger partial charge is 0.472 e. The van der Waals surface area contributed by atoms with E-state index in [4.69, 9.17) is 4.42 Å². The van der Waals surface area contributed by atoms with Crippen molar-refractivity contribution in [3.05, 3.63) is 60.1 Å². The molecule has 2 nitrogen and oxygen atoms in total. The summed E-state index contributed by atoms with van der Waals surface area (Å²) in [5.41, 5.74) is 2.65. The van der Waals surface area contributed by atoms with Gasteiger partial charge in [-0.2, -0.15) is 0 Å². The molecule has 1 heterocycles. The van der Waals surface area contributed by atoms with Crippen molar-refractivity contribution in [2.24, 2.45) is 0 Å². The number of nitrogens with one attached hydrogen (secondary N) is 1. The van der Waals surface area contributed by atoms with Crippen LogP contribution in [0.3, 0.4) is 0 Å². The molecule has 2 aromatic rings. The second-order valence-corrected chi connectivity index (χ2v) is 4.28. The highest BCUT2D eigenvalue weighted by atomic mass is 16.3. The van der Waals surface area contributed by atoms with Crippen molar-refractivity contribution >= 4 is 0 Å². The lowest BCUT2D eigenvalue weighted by Crippen LogP contribution is -2.15. The van der Waals surface area contributed by atoms with Gasteiger partial charge in [-0.25, -0.2) is 0 Å². The van der Waals surface area contributed by atoms with Crippen LogP contribution in [0, 0.1) is 0 Å². The molecule has 1 atom stereocenters. The Morgan fingerprint density at radius 1 is 1.18 bits per heavy atom. The standard InChI is InChI=1S/C15H19NO/c1-16-15(14-10-11-17-12-14)9-5-8-13-6-3-2-4-7-13/h2-4,6-7,10-12,15-16H,5,8-9H2,1H3. The maximum absolute atomic E-state index is 5.12. The van der Waals surface area contributed by atoms with E-state index in [1.54, 1.807) is 6.26 Å². The molecule has 0 aliphatic carbocycles. The molecule has 1 aromatic carbocycles. The van der Waals surface area contributed by atoms with Gasteiger partial charge in [-0.1, -0.05) is 30.3 Å². The van der Waals surface area contributed by atoms with Crippen LogP contribution in [-0.4, -0.2) is 7.05 Å². The van der Waals surface area contributed by atoms with Gasteiger partial charge in [0.2, 0.25) is 0 Å². The van der Waals surface area contributed by atoms with Crippen LogP contribution in [0.15, 0.2) is 53.3 Å². The minimum atomic E-state index is 0.400. The van der Waals surface area contributed by atoms with Crippen molar-refractivity contribution in [3.8, 4) is 0 Å². The minimum absolute atomic E-state index is 0.400. The number of furan rings is 1. The summed E-state index contributed by atoms with van der Waals surface area (Å²) in [6, 6.07) is 13.1. The molecule has 0 bridgehead atoms. The van der Waals surface area contributed by atoms with Crippen LogP contribution in [0.2, 0.25) is 0 Å². The molecule has 1 unspecified atom stereocenters. The minimum Gasteiger partial charge on any atom is -0.472 e. The van der Waals surface area contributed by atoms with Crippen molar-refractivity contribution < 1.29 is 4.42 Å². The molecule has 0 aliphatic rings. The third kappa shape index (κ3) is 3.46. The van der Waals surface area contributed by atoms with Gasteiger partial charge in [0, 0.05) is 11.6 Å². The first-order chi connectivity index (χ1) is 8.40. The second-order valence-electron chi connectivity index (χ2n) is 4.28. The number of rotatable bonds is 6. The Hall–Kier alpha value is -1.54. The van der Waals surface area contributed by atoms with Crippen LogP contribution >= 0.6 is 0 Å². The number of aryl methyl sites for hydroxylation is 1. The van der Waals surface area contributed by atoms with Crippen LogP contribution < -0.4 is 5.32 Å². The SMILES string of the molecule is CNC(CCCc1ccccc1)c1ccoc1. The molecule has 17 heavy (non-hydrogen) atoms. The van der Waals surface area contributed by atoms with E-state index in [-0.39, 0.29) is 0 Å². The molecule has 2 rings (SSSR count). The summed E-state index contributed by atoms with van der Waals surface area (Å²) in [6.45, 7) is 0. The molecule has 0 saturated carbocycles. The van der Waals surface area contributed by atoms with Crippen molar-refractivity contribution in [1.29, 1.82) is 0 Å². The molecular formula is C15H19NO. The zero-order chi connectivity index (χ0) is 11.9. The lowest BCUT2D eigenvalue weighted by atomic mass is 10.0. The Balaban J connectivity index is 1.81. The molecule has 0 spiro atoms. The van der Waals surface area contributed by atoms with Gasteiger partial charge in [0.25, 0.3) is 0 Å². The average molecular weight is 229 g/mol. The van der Waals surface area contributed by atoms with E-state index < -0.39 is 0 Å². The summed E-state index contributed by atoms with van der Waals surface area (Å²) in [6.07, 6.45) is 7.00. The summed E-state index contributed by atoms with van der Waals surface area (Å²) in [4.78, 5) is 0. The number of hydrogen-bond acceptors (Lipinski definition) is 2. The van der Waals surface area contributed by atoms with E-state index >= 15 is 0 Å². The van der Waals surface area contributed by atoms with Gasteiger partial charge in [0.05, 0.1) is 12.5 Å². The van der Waals surface area contributed by atoms with Crippen LogP contribution in [0.25, 0.3) is 0 Å². The van der Waals surface area contributed by atoms with Gasteiger partial charge >= 0.3 is 0 Å². The van der Waals surface area contributed by atoms with Crippen LogP contribution in [0.5, 0.6) is 0 Å². The van der Waals surface area contributed by atoms with Crippen molar-refractivity contribution in [3.63, 3.8) is 0 Å². The second kappa shape index (κ2) is 6.26. The van der Waals surface area contributed by atoms with Gasteiger partial charge in [-0.3, -0.25) is 0 Å². The van der Waals surface area contributed by atoms with Gasteiger partial charge in [0.1, 0.15) is 0 Å². The highest BCUT2D eigenvalue weighted by molar-refractivity contribution is 5.15. The molecular weight excluding hydrogens is 210 g/mol. The molecule has 2 heteroatoms. The average Bonchev–Trinajstić information content (AvgIpc) is 2.90. The lowest BCUT2D eigenvalue weighted by molar-refractivity contribution is 0.510. The van der Waals surface area contributed by atoms with Gasteiger partial charge in [0.15, 0.2) is 0 Å². The van der Waals surface area contributed by atoms with Crippen molar-refractivity contribution in [1.82, 2.24) is 5.32 Å². The van der Waals surface area contributed by atoms with Crippen LogP contribution in [0.4, 0.5) is 0 Å². The first kappa shape index (κ1) is 11.9. The van der Waals surface area contributed by atoms with Gasteiger partial charge in [-0.05, 0) is 37.9 Å². The maximum atomic E-state index is 5.12. The highest BCUT2D eigenvalue weighted by Crippen LogP contribution is 2.19. The predicted molar refractivity (Wildman–Crippen MR) is 69.9 cm³/mol. The quantitative estimate of drug-likeness (QED) is 0.819. The molecule has 0 aliphatic heterocycles. The van der Waals surface area contributed by atoms with E-state index in [9.17, 15) is 0 Å². The van der Waals surface area contributed by atoms with Crippen LogP contribution in [-0.2, 0) is 6.42 Å². The topological polar surface area (TPSA) is 25.2 Å². The van der Waals surface area contributed by atoms with Crippen molar-refractivity contribution in [2.45, 2.75) is 25.3 Å². The monoisotopic (exact) mass is 229 g/mol. The summed E-state index contributed by atoms with van der Waals surface area (Å²) in [5, 5.41) is 3.33. The fraction of sp³-hybridized carbons (Fsp3) is 0.333. The first-order valence-electron chi connectivity index (χ1n) is 6.13. The Morgan fingerprint density at radius 2 is 2.00 bits per heavy atom. The van der Waals surface area contributed by atoms with Crippen molar-refractivity contribution in [2.75, 3.05) is 7.05 Å². The summed E-state index contributed by atoms with van der Waals surface area (Å²) in [5.74, 6) is 0. The first-order valence-corrected chi connectivity index (χ1v) is 6.13. The highest BCUT2D eigenvalue weighted by Gasteiger charge is 2.09. The Labute approximate surface area is 103 Å². The van der Waals surface area contributed by atoms with E-state index in [0.29, 0.717) is 6.04 Å². The summed E-state index contributed by atoms with van der Waals surface area (Å²) < 4.78 is 5.12. The zero-order valence-corrected chi connectivity index (χ0v) is 10.2. The third-order valence-corrected chi connectivity index (χ3v) is 3.10. The molecule has 90 valence electrons. The Kier molecular flexibility index (Phi) is 4.39. The van der Waals surface area contributed by atoms with Gasteiger partial charge in [-0.15, -0.1) is 0 Å². The Bertz CT molecular complexity index is 408. The predicted octanol–water partition coefficient (Wildman–Crippen LogP) is 3.56. The molecule has 1 N–H and O–H groups in total. The summed E-state index contributed by atoms with van der Waals surface area (Å²) >= 11 is 0. The molecule has 0 radical (unpaired) electrons. The van der Waals surface area contributed by atoms with Crippen LogP contribution in [0.1, 0.15) is 30.0 Å².